The number of ether oxygens (including phenoxy) is 2. The van der Waals surface area contributed by atoms with E-state index < -0.39 is 98.0 Å². The number of carbonyl (C=O) groups is 9. The van der Waals surface area contributed by atoms with Crippen LogP contribution in [0.25, 0.3) is 0 Å². The molecule has 20 heteroatoms. The highest BCUT2D eigenvalue weighted by Crippen LogP contribution is 2.17. The number of aliphatic carboxylic acids is 3. The van der Waals surface area contributed by atoms with Gasteiger partial charge in [0.15, 0.2) is 6.04 Å². The minimum Gasteiger partial charge on any atom is -0.481 e. The van der Waals surface area contributed by atoms with Gasteiger partial charge in [0.25, 0.3) is 11.8 Å². The van der Waals surface area contributed by atoms with Gasteiger partial charge >= 0.3 is 29.8 Å². The molecule has 0 aliphatic rings. The number of amides is 4. The second-order valence-corrected chi connectivity index (χ2v) is 19.8. The molecule has 8 N–H and O–H groups in total. The summed E-state index contributed by atoms with van der Waals surface area (Å²) >= 11 is 1.25. The van der Waals surface area contributed by atoms with E-state index in [1.54, 1.807) is 0 Å². The summed E-state index contributed by atoms with van der Waals surface area (Å²) in [5, 5.41) is 33.0. The lowest BCUT2D eigenvalue weighted by Crippen LogP contribution is -2.59. The maximum Gasteiger partial charge on any atom is 0.328 e. The first-order valence-corrected chi connectivity index (χ1v) is 28.3. The van der Waals surface area contributed by atoms with Gasteiger partial charge in [-0.1, -0.05) is 168 Å². The number of carbonyl (C=O) groups excluding carboxylic acids is 6. The zero-order valence-corrected chi connectivity index (χ0v) is 44.7. The van der Waals surface area contributed by atoms with Gasteiger partial charge in [-0.15, -0.1) is 0 Å². The fourth-order valence-electron chi connectivity index (χ4n) is 7.86. The highest BCUT2D eigenvalue weighted by atomic mass is 32.2. The summed E-state index contributed by atoms with van der Waals surface area (Å²) in [6, 6.07) is -3.27. The van der Waals surface area contributed by atoms with Crippen molar-refractivity contribution in [1.82, 2.24) is 21.1 Å². The Bertz CT molecular complexity index is 1540. The van der Waals surface area contributed by atoms with Gasteiger partial charge in [-0.05, 0) is 25.7 Å². The molecule has 0 saturated heterocycles. The van der Waals surface area contributed by atoms with Crippen LogP contribution in [-0.4, -0.2) is 123 Å². The average molecular weight is 1040 g/mol. The van der Waals surface area contributed by atoms with E-state index >= 15 is 0 Å². The van der Waals surface area contributed by atoms with Gasteiger partial charge in [-0.2, -0.15) is 11.8 Å². The molecule has 0 saturated carbocycles. The Morgan fingerprint density at radius 2 is 1.00 bits per heavy atom. The van der Waals surface area contributed by atoms with Crippen molar-refractivity contribution in [3.05, 3.63) is 0 Å². The Hall–Kier alpha value is -4.46. The van der Waals surface area contributed by atoms with E-state index in [1.807, 2.05) is 5.43 Å². The predicted octanol–water partition coefficient (Wildman–Crippen LogP) is 8.13. The molecule has 72 heavy (non-hydrogen) atoms. The molecule has 0 aromatic rings. The lowest BCUT2D eigenvalue weighted by molar-refractivity contribution is -0.157. The third kappa shape index (κ3) is 40.1. The smallest absolute Gasteiger partial charge is 0.328 e. The maximum atomic E-state index is 13.2. The van der Waals surface area contributed by atoms with Crippen LogP contribution < -0.4 is 21.8 Å². The van der Waals surface area contributed by atoms with Gasteiger partial charge in [0.05, 0.1) is 13.1 Å². The van der Waals surface area contributed by atoms with Crippen molar-refractivity contribution in [2.75, 3.05) is 31.2 Å². The van der Waals surface area contributed by atoms with Crippen molar-refractivity contribution in [2.24, 2.45) is 5.73 Å². The standard InChI is InChI=1S/C52H93N5O14S/c1-3-5-7-9-11-13-15-17-19-21-23-25-27-29-49(65)70-39-41(71-50(66)30-28-26-24-22-20-18-16-14-12-10-8-6-4-2)40-72-36-35-44(58)55-42(31-33-47(61)62)51(67)54-38-46(60)57(56-45(59)37-53)43(52(68)69)32-34-48(63)64/h41-43H,3-40,53H2,1-2H3,(H,54,67)(H,55,58)(H,56,59)(H,61,62)(H,63,64)(H,68,69)/t41-,42-,43-/m1/s1. The number of rotatable bonds is 49. The van der Waals surface area contributed by atoms with Crippen molar-refractivity contribution in [1.29, 1.82) is 0 Å². The van der Waals surface area contributed by atoms with E-state index in [-0.39, 0.29) is 49.8 Å². The van der Waals surface area contributed by atoms with Crippen LogP contribution in [0.2, 0.25) is 0 Å². The van der Waals surface area contributed by atoms with E-state index in [0.717, 1.165) is 38.5 Å². The molecular weight excluding hydrogens is 951 g/mol. The van der Waals surface area contributed by atoms with Crippen molar-refractivity contribution < 1.29 is 67.9 Å². The van der Waals surface area contributed by atoms with E-state index in [4.69, 9.17) is 20.3 Å². The highest BCUT2D eigenvalue weighted by Gasteiger charge is 2.32. The molecule has 0 rings (SSSR count). The monoisotopic (exact) mass is 1040 g/mol. The molecule has 0 aromatic heterocycles. The molecule has 0 spiro atoms. The van der Waals surface area contributed by atoms with Crippen LogP contribution in [0.3, 0.4) is 0 Å². The van der Waals surface area contributed by atoms with Gasteiger partial charge in [-0.3, -0.25) is 43.8 Å². The van der Waals surface area contributed by atoms with Crippen LogP contribution in [-0.2, 0) is 52.6 Å². The lowest BCUT2D eigenvalue weighted by atomic mass is 10.0. The number of thioether (sulfide) groups is 1. The van der Waals surface area contributed by atoms with Gasteiger partial charge in [0.1, 0.15) is 18.8 Å². The van der Waals surface area contributed by atoms with Crippen LogP contribution in [0.15, 0.2) is 0 Å². The summed E-state index contributed by atoms with van der Waals surface area (Å²) < 4.78 is 11.3. The molecule has 0 fully saturated rings. The van der Waals surface area contributed by atoms with Crippen molar-refractivity contribution in [3.8, 4) is 0 Å². The first-order valence-electron chi connectivity index (χ1n) is 27.1. The van der Waals surface area contributed by atoms with Crippen LogP contribution in [0.5, 0.6) is 0 Å². The molecule has 0 unspecified atom stereocenters. The number of hydrogen-bond acceptors (Lipinski definition) is 13. The van der Waals surface area contributed by atoms with Crippen molar-refractivity contribution in [2.45, 2.75) is 244 Å². The van der Waals surface area contributed by atoms with Crippen LogP contribution in [0, 0.1) is 0 Å². The van der Waals surface area contributed by atoms with Gasteiger partial charge in [0, 0.05) is 43.6 Å². The fraction of sp³-hybridized carbons (Fsp3) is 0.827. The van der Waals surface area contributed by atoms with Crippen LogP contribution >= 0.6 is 11.8 Å². The number of nitrogens with one attached hydrogen (secondary N) is 3. The molecular formula is C52H93N5O14S. The molecule has 19 nitrogen and oxygen atoms in total. The van der Waals surface area contributed by atoms with Crippen molar-refractivity contribution >= 4 is 65.2 Å². The summed E-state index contributed by atoms with van der Waals surface area (Å²) in [6.45, 7) is 2.74. The molecule has 416 valence electrons. The second kappa shape index (κ2) is 46.3. The van der Waals surface area contributed by atoms with E-state index in [0.29, 0.717) is 17.9 Å². The normalized spacial score (nSPS) is 12.3. The highest BCUT2D eigenvalue weighted by molar-refractivity contribution is 7.99. The van der Waals surface area contributed by atoms with E-state index in [9.17, 15) is 53.4 Å². The Kier molecular flexibility index (Phi) is 43.5. The Balaban J connectivity index is 5.26. The third-order valence-electron chi connectivity index (χ3n) is 12.1. The largest absolute Gasteiger partial charge is 0.481 e. The average Bonchev–Trinajstić information content (AvgIpc) is 3.34. The topological polar surface area (TPSA) is 298 Å². The number of carboxylic acid groups (broad SMARTS) is 3. The summed E-state index contributed by atoms with van der Waals surface area (Å²) in [5.74, 6) is -8.43. The van der Waals surface area contributed by atoms with E-state index in [2.05, 4.69) is 24.5 Å². The minimum atomic E-state index is -1.84. The van der Waals surface area contributed by atoms with Crippen LogP contribution in [0.4, 0.5) is 0 Å². The van der Waals surface area contributed by atoms with Crippen molar-refractivity contribution in [3.63, 3.8) is 0 Å². The fourth-order valence-corrected chi connectivity index (χ4v) is 8.79. The first-order chi connectivity index (χ1) is 34.6. The van der Waals surface area contributed by atoms with E-state index in [1.165, 1.54) is 127 Å². The Morgan fingerprint density at radius 3 is 1.44 bits per heavy atom. The molecule has 0 heterocycles. The molecule has 0 aromatic carbocycles. The first kappa shape index (κ1) is 67.5. The number of nitrogens with zero attached hydrogens (tertiary/aromatic N) is 1. The summed E-state index contributed by atoms with van der Waals surface area (Å²) in [6.07, 6.45) is 28.0. The zero-order chi connectivity index (χ0) is 53.6. The zero-order valence-electron chi connectivity index (χ0n) is 43.9. The number of nitrogens with two attached hydrogens (primary N) is 1. The number of carboxylic acids is 3. The van der Waals surface area contributed by atoms with Crippen LogP contribution in [0.1, 0.15) is 226 Å². The molecule has 0 aliphatic carbocycles. The van der Waals surface area contributed by atoms with Gasteiger partial charge in [0.2, 0.25) is 11.8 Å². The predicted molar refractivity (Wildman–Crippen MR) is 278 cm³/mol. The molecule has 4 amide bonds. The number of unbranched alkanes of at least 4 members (excludes halogenated alkanes) is 24. The number of hydrazine groups is 1. The molecule has 0 aliphatic heterocycles. The third-order valence-corrected chi connectivity index (χ3v) is 13.2. The Morgan fingerprint density at radius 1 is 0.556 bits per heavy atom. The van der Waals surface area contributed by atoms with Gasteiger partial charge < -0.3 is 41.2 Å². The summed E-state index contributed by atoms with van der Waals surface area (Å²) in [7, 11) is 0. The molecule has 0 radical (unpaired) electrons. The van der Waals surface area contributed by atoms with Gasteiger partial charge in [-0.25, -0.2) is 9.80 Å². The summed E-state index contributed by atoms with van der Waals surface area (Å²) in [4.78, 5) is 111. The number of hydrogen-bond donors (Lipinski definition) is 7. The Labute approximate surface area is 433 Å². The second-order valence-electron chi connectivity index (χ2n) is 18.7. The number of esters is 2. The SMILES string of the molecule is CCCCCCCCCCCCCCCC(=O)OC[C@H](CSCCC(=O)N[C@H](CCC(=O)O)C(=O)NCC(=O)N(NC(=O)CN)[C@H](CCC(=O)O)C(=O)O)OC(=O)CCCCCCCCCCCCCCC. The molecule has 3 atom stereocenters. The summed E-state index contributed by atoms with van der Waals surface area (Å²) in [5.41, 5.74) is 7.30. The minimum absolute atomic E-state index is 0.142. The molecule has 0 bridgehead atoms. The lowest BCUT2D eigenvalue weighted by Gasteiger charge is -2.29. The maximum absolute atomic E-state index is 13.2. The quantitative estimate of drug-likeness (QED) is 0.0172.